The number of carbonyl (C=O) groups is 1. The van der Waals surface area contributed by atoms with Gasteiger partial charge >= 0.3 is 5.97 Å². The largest absolute Gasteiger partial charge is 0.477 e. The molecule has 1 aliphatic heterocycles. The maximum Gasteiger partial charge on any atom is 0.342 e. The lowest BCUT2D eigenvalue weighted by molar-refractivity contribution is -0.385. The molecule has 0 saturated carbocycles. The molecule has 6 nitrogen and oxygen atoms in total. The Hall–Kier alpha value is -2.11. The number of hydrogen-bond acceptors (Lipinski definition) is 4. The monoisotopic (exact) mass is 278 g/mol. The van der Waals surface area contributed by atoms with E-state index in [2.05, 4.69) is 18.7 Å². The van der Waals surface area contributed by atoms with E-state index in [1.165, 1.54) is 12.1 Å². The van der Waals surface area contributed by atoms with Crippen LogP contribution in [0.5, 0.6) is 0 Å². The number of rotatable bonds is 3. The van der Waals surface area contributed by atoms with Crippen molar-refractivity contribution in [3.05, 3.63) is 33.9 Å². The van der Waals surface area contributed by atoms with E-state index < -0.39 is 10.9 Å². The molecule has 0 bridgehead atoms. The topological polar surface area (TPSA) is 83.7 Å². The summed E-state index contributed by atoms with van der Waals surface area (Å²) in [4.78, 5) is 23.5. The third kappa shape index (κ3) is 2.74. The molecule has 108 valence electrons. The minimum atomic E-state index is -1.27. The van der Waals surface area contributed by atoms with Crippen molar-refractivity contribution < 1.29 is 14.8 Å². The number of benzene rings is 1. The molecule has 2 rings (SSSR count). The molecule has 1 aliphatic rings. The van der Waals surface area contributed by atoms with Gasteiger partial charge in [-0.25, -0.2) is 4.79 Å². The highest BCUT2D eigenvalue weighted by atomic mass is 16.6. The molecule has 0 aromatic heterocycles. The molecule has 0 spiro atoms. The van der Waals surface area contributed by atoms with Gasteiger partial charge in [-0.15, -0.1) is 0 Å². The Bertz CT molecular complexity index is 544. The first-order chi connectivity index (χ1) is 9.40. The van der Waals surface area contributed by atoms with Crippen LogP contribution in [-0.2, 0) is 0 Å². The maximum atomic E-state index is 11.2. The molecule has 1 aromatic carbocycles. The molecule has 2 atom stereocenters. The van der Waals surface area contributed by atoms with Gasteiger partial charge in [-0.2, -0.15) is 0 Å². The lowest BCUT2D eigenvalue weighted by Gasteiger charge is -2.38. The fraction of sp³-hybridized carbons (Fsp3) is 0.500. The zero-order valence-electron chi connectivity index (χ0n) is 11.6. The highest BCUT2D eigenvalue weighted by Crippen LogP contribution is 2.31. The molecule has 1 N–H and O–H groups in total. The van der Waals surface area contributed by atoms with Crippen LogP contribution in [0.25, 0.3) is 0 Å². The molecule has 20 heavy (non-hydrogen) atoms. The fourth-order valence-electron chi connectivity index (χ4n) is 2.82. The van der Waals surface area contributed by atoms with Gasteiger partial charge in [-0.1, -0.05) is 6.92 Å². The lowest BCUT2D eigenvalue weighted by Crippen LogP contribution is -2.40. The average Bonchev–Trinajstić information content (AvgIpc) is 2.37. The van der Waals surface area contributed by atoms with E-state index in [1.807, 2.05) is 0 Å². The van der Waals surface area contributed by atoms with Crippen molar-refractivity contribution in [2.24, 2.45) is 5.92 Å². The van der Waals surface area contributed by atoms with Gasteiger partial charge in [0.2, 0.25) is 0 Å². The highest BCUT2D eigenvalue weighted by Gasteiger charge is 2.26. The second kappa shape index (κ2) is 5.48. The molecule has 0 radical (unpaired) electrons. The SMILES string of the molecule is CC1CCN(c2ccc([N+](=O)[O-])c(C(=O)O)c2)C(C)C1. The smallest absolute Gasteiger partial charge is 0.342 e. The molecule has 6 heteroatoms. The fourth-order valence-corrected chi connectivity index (χ4v) is 2.82. The van der Waals surface area contributed by atoms with Gasteiger partial charge in [-0.3, -0.25) is 10.1 Å². The number of anilines is 1. The Morgan fingerprint density at radius 3 is 2.70 bits per heavy atom. The van der Waals surface area contributed by atoms with Crippen LogP contribution in [0.1, 0.15) is 37.0 Å². The van der Waals surface area contributed by atoms with Gasteiger partial charge in [0.05, 0.1) is 4.92 Å². The van der Waals surface area contributed by atoms with E-state index in [0.29, 0.717) is 12.0 Å². The maximum absolute atomic E-state index is 11.2. The van der Waals surface area contributed by atoms with Crippen LogP contribution >= 0.6 is 0 Å². The van der Waals surface area contributed by atoms with Gasteiger partial charge in [0.25, 0.3) is 5.69 Å². The number of nitro benzene ring substituents is 1. The van der Waals surface area contributed by atoms with Crippen LogP contribution in [0.2, 0.25) is 0 Å². The third-order valence-electron chi connectivity index (χ3n) is 3.88. The quantitative estimate of drug-likeness (QED) is 0.679. The number of nitrogens with zero attached hydrogens (tertiary/aromatic N) is 2. The highest BCUT2D eigenvalue weighted by molar-refractivity contribution is 5.93. The van der Waals surface area contributed by atoms with Crippen LogP contribution in [0.3, 0.4) is 0 Å². The molecule has 2 unspecified atom stereocenters. The zero-order chi connectivity index (χ0) is 14.9. The summed E-state index contributed by atoms with van der Waals surface area (Å²) in [7, 11) is 0. The van der Waals surface area contributed by atoms with Gasteiger partial charge in [-0.05, 0) is 37.8 Å². The Labute approximate surface area is 117 Å². The van der Waals surface area contributed by atoms with Gasteiger partial charge in [0, 0.05) is 24.3 Å². The molecular formula is C14H18N2O4. The lowest BCUT2D eigenvalue weighted by atomic mass is 9.92. The van der Waals surface area contributed by atoms with Crippen LogP contribution < -0.4 is 4.90 Å². The molecular weight excluding hydrogens is 260 g/mol. The first-order valence-corrected chi connectivity index (χ1v) is 6.68. The Balaban J connectivity index is 2.36. The predicted octanol–water partition coefficient (Wildman–Crippen LogP) is 2.92. The third-order valence-corrected chi connectivity index (χ3v) is 3.88. The number of aromatic carboxylic acids is 1. The van der Waals surface area contributed by atoms with Crippen LogP contribution in [0, 0.1) is 16.0 Å². The van der Waals surface area contributed by atoms with Crippen LogP contribution in [-0.4, -0.2) is 28.6 Å². The minimum Gasteiger partial charge on any atom is -0.477 e. The molecule has 1 saturated heterocycles. The second-order valence-electron chi connectivity index (χ2n) is 5.44. The van der Waals surface area contributed by atoms with Crippen molar-refractivity contribution in [3.8, 4) is 0 Å². The second-order valence-corrected chi connectivity index (χ2v) is 5.44. The first kappa shape index (κ1) is 14.3. The number of nitro groups is 1. The summed E-state index contributed by atoms with van der Waals surface area (Å²) < 4.78 is 0. The van der Waals surface area contributed by atoms with Gasteiger partial charge < -0.3 is 10.0 Å². The zero-order valence-corrected chi connectivity index (χ0v) is 11.6. The summed E-state index contributed by atoms with van der Waals surface area (Å²) in [5, 5.41) is 20.0. The summed E-state index contributed by atoms with van der Waals surface area (Å²) in [6, 6.07) is 4.63. The normalized spacial score (nSPS) is 22.6. The van der Waals surface area contributed by atoms with E-state index in [0.717, 1.165) is 25.1 Å². The first-order valence-electron chi connectivity index (χ1n) is 6.68. The Kier molecular flexibility index (Phi) is 3.92. The standard InChI is InChI=1S/C14H18N2O4/c1-9-5-6-15(10(2)7-9)11-3-4-13(16(19)20)12(8-11)14(17)18/h3-4,8-10H,5-7H2,1-2H3,(H,17,18). The number of hydrogen-bond donors (Lipinski definition) is 1. The minimum absolute atomic E-state index is 0.252. The van der Waals surface area contributed by atoms with E-state index in [4.69, 9.17) is 5.11 Å². The number of carboxylic acids is 1. The summed E-state index contributed by atoms with van der Waals surface area (Å²) in [5.41, 5.74) is 0.130. The summed E-state index contributed by atoms with van der Waals surface area (Å²) >= 11 is 0. The molecule has 1 aromatic rings. The number of carboxylic acid groups (broad SMARTS) is 1. The summed E-state index contributed by atoms with van der Waals surface area (Å²) in [6.45, 7) is 5.14. The Morgan fingerprint density at radius 2 is 2.15 bits per heavy atom. The molecule has 0 aliphatic carbocycles. The van der Waals surface area contributed by atoms with Crippen LogP contribution in [0.4, 0.5) is 11.4 Å². The van der Waals surface area contributed by atoms with Crippen molar-refractivity contribution in [1.82, 2.24) is 0 Å². The summed E-state index contributed by atoms with van der Waals surface area (Å²) in [6.07, 6.45) is 2.09. The van der Waals surface area contributed by atoms with Crippen molar-refractivity contribution in [2.45, 2.75) is 32.7 Å². The molecule has 0 amide bonds. The van der Waals surface area contributed by atoms with E-state index in [-0.39, 0.29) is 11.3 Å². The van der Waals surface area contributed by atoms with Crippen molar-refractivity contribution in [3.63, 3.8) is 0 Å². The summed E-state index contributed by atoms with van der Waals surface area (Å²) in [5.74, 6) is -0.616. The van der Waals surface area contributed by atoms with Crippen molar-refractivity contribution >= 4 is 17.3 Å². The van der Waals surface area contributed by atoms with E-state index in [1.54, 1.807) is 6.07 Å². The van der Waals surface area contributed by atoms with Crippen LogP contribution in [0.15, 0.2) is 18.2 Å². The van der Waals surface area contributed by atoms with E-state index in [9.17, 15) is 14.9 Å². The molecule has 1 heterocycles. The van der Waals surface area contributed by atoms with Crippen molar-refractivity contribution in [2.75, 3.05) is 11.4 Å². The van der Waals surface area contributed by atoms with E-state index >= 15 is 0 Å². The van der Waals surface area contributed by atoms with Gasteiger partial charge in [0.15, 0.2) is 0 Å². The molecule has 1 fully saturated rings. The Morgan fingerprint density at radius 1 is 1.45 bits per heavy atom. The number of piperidine rings is 1. The predicted molar refractivity (Wildman–Crippen MR) is 75.3 cm³/mol. The van der Waals surface area contributed by atoms with Gasteiger partial charge in [0.1, 0.15) is 5.56 Å². The average molecular weight is 278 g/mol. The van der Waals surface area contributed by atoms with Crippen molar-refractivity contribution in [1.29, 1.82) is 0 Å².